The molecular weight excluding hydrogens is 264 g/mol. The standard InChI is InChI=1S/C13H14N2OS2/c1-8-4-5-17-12(8)6-14-15-13(16)11-7-18-10(3)9(11)2/h4-7H,1-3H3,(H,15,16)/b14-6+. The third kappa shape index (κ3) is 2.68. The van der Waals surface area contributed by atoms with Crippen LogP contribution in [0.4, 0.5) is 0 Å². The number of aryl methyl sites for hydroxylation is 2. The molecule has 2 heterocycles. The van der Waals surface area contributed by atoms with Gasteiger partial charge in [-0.15, -0.1) is 22.7 Å². The van der Waals surface area contributed by atoms with Crippen LogP contribution in [0, 0.1) is 20.8 Å². The Morgan fingerprint density at radius 2 is 2.11 bits per heavy atom. The van der Waals surface area contributed by atoms with E-state index in [1.54, 1.807) is 28.9 Å². The average Bonchev–Trinajstić information content (AvgIpc) is 2.88. The van der Waals surface area contributed by atoms with E-state index >= 15 is 0 Å². The average molecular weight is 278 g/mol. The molecule has 0 spiro atoms. The van der Waals surface area contributed by atoms with Crippen LogP contribution in [-0.4, -0.2) is 12.1 Å². The Labute approximate surface area is 114 Å². The van der Waals surface area contributed by atoms with Crippen molar-refractivity contribution in [3.05, 3.63) is 43.3 Å². The number of hydrogen-bond donors (Lipinski definition) is 1. The highest BCUT2D eigenvalue weighted by Crippen LogP contribution is 2.20. The second-order valence-corrected chi connectivity index (χ2v) is 6.03. The highest BCUT2D eigenvalue weighted by Gasteiger charge is 2.11. The quantitative estimate of drug-likeness (QED) is 0.677. The molecule has 0 aromatic carbocycles. The number of thiophene rings is 2. The highest BCUT2D eigenvalue weighted by atomic mass is 32.1. The molecule has 94 valence electrons. The Bertz CT molecular complexity index is 596. The van der Waals surface area contributed by atoms with Crippen LogP contribution in [0.2, 0.25) is 0 Å². The van der Waals surface area contributed by atoms with Crippen molar-refractivity contribution in [1.82, 2.24) is 5.43 Å². The lowest BCUT2D eigenvalue weighted by Gasteiger charge is -1.98. The number of rotatable bonds is 3. The van der Waals surface area contributed by atoms with Gasteiger partial charge in [0.15, 0.2) is 0 Å². The van der Waals surface area contributed by atoms with Gasteiger partial charge in [-0.1, -0.05) is 0 Å². The van der Waals surface area contributed by atoms with Crippen LogP contribution in [0.3, 0.4) is 0 Å². The molecule has 18 heavy (non-hydrogen) atoms. The van der Waals surface area contributed by atoms with Crippen LogP contribution in [0.15, 0.2) is 21.9 Å². The molecule has 5 heteroatoms. The zero-order chi connectivity index (χ0) is 13.1. The summed E-state index contributed by atoms with van der Waals surface area (Å²) in [5.41, 5.74) is 5.46. The number of amides is 1. The summed E-state index contributed by atoms with van der Waals surface area (Å²) in [5, 5.41) is 7.86. The van der Waals surface area contributed by atoms with Gasteiger partial charge in [0.2, 0.25) is 0 Å². The zero-order valence-corrected chi connectivity index (χ0v) is 12.1. The van der Waals surface area contributed by atoms with E-state index in [1.165, 1.54) is 10.4 Å². The van der Waals surface area contributed by atoms with Crippen molar-refractivity contribution in [2.45, 2.75) is 20.8 Å². The van der Waals surface area contributed by atoms with Gasteiger partial charge in [-0.3, -0.25) is 4.79 Å². The molecule has 0 fully saturated rings. The van der Waals surface area contributed by atoms with Crippen molar-refractivity contribution in [2.75, 3.05) is 0 Å². The first-order valence-electron chi connectivity index (χ1n) is 5.51. The Kier molecular flexibility index (Phi) is 3.93. The van der Waals surface area contributed by atoms with Gasteiger partial charge in [0.25, 0.3) is 5.91 Å². The third-order valence-electron chi connectivity index (χ3n) is 2.78. The topological polar surface area (TPSA) is 41.5 Å². The maximum atomic E-state index is 11.9. The van der Waals surface area contributed by atoms with Gasteiger partial charge >= 0.3 is 0 Å². The molecule has 2 rings (SSSR count). The van der Waals surface area contributed by atoms with Crippen LogP contribution in [0.25, 0.3) is 0 Å². The number of carbonyl (C=O) groups excluding carboxylic acids is 1. The number of nitrogens with one attached hydrogen (secondary N) is 1. The van der Waals surface area contributed by atoms with E-state index < -0.39 is 0 Å². The van der Waals surface area contributed by atoms with Crippen LogP contribution in [0.1, 0.15) is 31.2 Å². The van der Waals surface area contributed by atoms with Gasteiger partial charge in [0.05, 0.1) is 11.8 Å². The molecule has 0 atom stereocenters. The molecule has 0 aliphatic carbocycles. The van der Waals surface area contributed by atoms with Gasteiger partial charge in [-0.25, -0.2) is 5.43 Å². The molecule has 0 unspecified atom stereocenters. The van der Waals surface area contributed by atoms with E-state index in [4.69, 9.17) is 0 Å². The van der Waals surface area contributed by atoms with E-state index in [2.05, 4.69) is 10.5 Å². The van der Waals surface area contributed by atoms with Gasteiger partial charge in [-0.2, -0.15) is 5.10 Å². The lowest BCUT2D eigenvalue weighted by atomic mass is 10.2. The molecule has 0 bridgehead atoms. The lowest BCUT2D eigenvalue weighted by Crippen LogP contribution is -2.17. The van der Waals surface area contributed by atoms with E-state index in [1.807, 2.05) is 37.6 Å². The van der Waals surface area contributed by atoms with Crippen LogP contribution < -0.4 is 5.43 Å². The Morgan fingerprint density at radius 1 is 1.33 bits per heavy atom. The summed E-state index contributed by atoms with van der Waals surface area (Å²) in [5.74, 6) is -0.151. The van der Waals surface area contributed by atoms with Gasteiger partial charge in [0.1, 0.15) is 0 Å². The molecule has 0 saturated heterocycles. The molecule has 0 saturated carbocycles. The van der Waals surface area contributed by atoms with Gasteiger partial charge in [-0.05, 0) is 43.3 Å². The molecule has 1 amide bonds. The summed E-state index contributed by atoms with van der Waals surface area (Å²) in [6.07, 6.45) is 1.69. The maximum absolute atomic E-state index is 11.9. The molecule has 1 N–H and O–H groups in total. The van der Waals surface area contributed by atoms with Gasteiger partial charge < -0.3 is 0 Å². The number of carbonyl (C=O) groups is 1. The summed E-state index contributed by atoms with van der Waals surface area (Å²) in [4.78, 5) is 14.1. The van der Waals surface area contributed by atoms with Gasteiger partial charge in [0, 0.05) is 15.1 Å². The van der Waals surface area contributed by atoms with Crippen LogP contribution in [-0.2, 0) is 0 Å². The highest BCUT2D eigenvalue weighted by molar-refractivity contribution is 7.12. The molecule has 2 aromatic heterocycles. The van der Waals surface area contributed by atoms with Crippen molar-refractivity contribution in [3.8, 4) is 0 Å². The molecule has 0 aliphatic heterocycles. The zero-order valence-electron chi connectivity index (χ0n) is 10.5. The Hall–Kier alpha value is -1.46. The van der Waals surface area contributed by atoms with Crippen LogP contribution >= 0.6 is 22.7 Å². The minimum absolute atomic E-state index is 0.151. The molecular formula is C13H14N2OS2. The van der Waals surface area contributed by atoms with E-state index in [0.29, 0.717) is 5.56 Å². The molecule has 2 aromatic rings. The first-order chi connectivity index (χ1) is 8.59. The Morgan fingerprint density at radius 3 is 2.67 bits per heavy atom. The molecule has 0 aliphatic rings. The normalized spacial score (nSPS) is 11.1. The van der Waals surface area contributed by atoms with E-state index in [-0.39, 0.29) is 5.91 Å². The van der Waals surface area contributed by atoms with Crippen LogP contribution in [0.5, 0.6) is 0 Å². The minimum Gasteiger partial charge on any atom is -0.267 e. The first kappa shape index (κ1) is 13.0. The van der Waals surface area contributed by atoms with E-state index in [9.17, 15) is 4.79 Å². The van der Waals surface area contributed by atoms with Crippen molar-refractivity contribution in [1.29, 1.82) is 0 Å². The fourth-order valence-electron chi connectivity index (χ4n) is 1.46. The minimum atomic E-state index is -0.151. The SMILES string of the molecule is Cc1ccsc1/C=N/NC(=O)c1csc(C)c1C. The van der Waals surface area contributed by atoms with Crippen molar-refractivity contribution >= 4 is 34.8 Å². The van der Waals surface area contributed by atoms with Crippen molar-refractivity contribution in [2.24, 2.45) is 5.10 Å². The van der Waals surface area contributed by atoms with E-state index in [0.717, 1.165) is 10.4 Å². The first-order valence-corrected chi connectivity index (χ1v) is 7.27. The fourth-order valence-corrected chi connectivity index (χ4v) is 3.12. The largest absolute Gasteiger partial charge is 0.272 e. The smallest absolute Gasteiger partial charge is 0.267 e. The maximum Gasteiger partial charge on any atom is 0.272 e. The second kappa shape index (κ2) is 5.46. The predicted molar refractivity (Wildman–Crippen MR) is 77.9 cm³/mol. The Balaban J connectivity index is 2.03. The summed E-state index contributed by atoms with van der Waals surface area (Å²) >= 11 is 3.19. The number of hydrogen-bond acceptors (Lipinski definition) is 4. The third-order valence-corrected chi connectivity index (χ3v) is 4.75. The van der Waals surface area contributed by atoms with Crippen molar-refractivity contribution in [3.63, 3.8) is 0 Å². The lowest BCUT2D eigenvalue weighted by molar-refractivity contribution is 0.0955. The second-order valence-electron chi connectivity index (χ2n) is 4.00. The number of nitrogens with zero attached hydrogens (tertiary/aromatic N) is 1. The van der Waals surface area contributed by atoms with Crippen molar-refractivity contribution < 1.29 is 4.79 Å². The summed E-state index contributed by atoms with van der Waals surface area (Å²) in [6, 6.07) is 2.03. The molecule has 0 radical (unpaired) electrons. The summed E-state index contributed by atoms with van der Waals surface area (Å²) < 4.78 is 0. The number of hydrazone groups is 1. The summed E-state index contributed by atoms with van der Waals surface area (Å²) in [7, 11) is 0. The monoisotopic (exact) mass is 278 g/mol. The summed E-state index contributed by atoms with van der Waals surface area (Å²) in [6.45, 7) is 5.98. The molecule has 3 nitrogen and oxygen atoms in total. The fraction of sp³-hybridized carbons (Fsp3) is 0.231. The predicted octanol–water partition coefficient (Wildman–Crippen LogP) is 3.50.